The average Bonchev–Trinajstić information content (AvgIpc) is 3.49. The molecule has 1 fully saturated rings. The summed E-state index contributed by atoms with van der Waals surface area (Å²) in [7, 11) is 1.53. The summed E-state index contributed by atoms with van der Waals surface area (Å²) in [4.78, 5) is 30.9. The Morgan fingerprint density at radius 3 is 2.38 bits per heavy atom. The molecule has 0 radical (unpaired) electrons. The number of anilines is 1. The van der Waals surface area contributed by atoms with Crippen LogP contribution in [0.4, 0.5) is 28.0 Å². The van der Waals surface area contributed by atoms with Crippen molar-refractivity contribution in [3.05, 3.63) is 95.3 Å². The molecule has 3 amide bonds. The van der Waals surface area contributed by atoms with Crippen LogP contribution in [0.25, 0.3) is 0 Å². The molecule has 9 nitrogen and oxygen atoms in total. The van der Waals surface area contributed by atoms with Crippen molar-refractivity contribution in [1.82, 2.24) is 14.8 Å². The molecule has 13 heteroatoms. The monoisotopic (exact) mass is 627 g/mol. The lowest BCUT2D eigenvalue weighted by molar-refractivity contribution is -0.137. The van der Waals surface area contributed by atoms with E-state index in [2.05, 4.69) is 15.3 Å². The van der Waals surface area contributed by atoms with Gasteiger partial charge in [-0.15, -0.1) is 0 Å². The van der Waals surface area contributed by atoms with E-state index in [0.717, 1.165) is 12.1 Å². The van der Waals surface area contributed by atoms with E-state index in [4.69, 9.17) is 9.47 Å². The molecule has 0 aliphatic carbocycles. The second kappa shape index (κ2) is 14.1. The molecule has 0 saturated carbocycles. The molecule has 0 unspecified atom stereocenters. The number of urea groups is 1. The summed E-state index contributed by atoms with van der Waals surface area (Å²) in [6, 6.07) is 16.0. The number of nitrogens with one attached hydrogen (secondary N) is 1. The fraction of sp³-hybridized carbons (Fsp3) is 0.344. The maximum Gasteiger partial charge on any atom is 0.416 e. The van der Waals surface area contributed by atoms with Crippen molar-refractivity contribution in [1.29, 1.82) is 0 Å². The van der Waals surface area contributed by atoms with Gasteiger partial charge in [0, 0.05) is 43.9 Å². The summed E-state index contributed by atoms with van der Waals surface area (Å²) in [5, 5.41) is 8.57. The number of benzene rings is 3. The van der Waals surface area contributed by atoms with Crippen LogP contribution in [0.1, 0.15) is 29.2 Å². The summed E-state index contributed by atoms with van der Waals surface area (Å²) in [5.74, 6) is -0.325. The minimum atomic E-state index is -4.51. The number of rotatable bonds is 9. The topological polar surface area (TPSA) is 86.7 Å². The average molecular weight is 628 g/mol. The molecule has 1 atom stereocenters. The number of hydrazone groups is 1. The third kappa shape index (κ3) is 7.97. The number of carbonyl (C=O) groups excluding carboxylic acids is 2. The summed E-state index contributed by atoms with van der Waals surface area (Å²) in [5.41, 5.74) is 1.24. The van der Waals surface area contributed by atoms with Crippen LogP contribution in [0.3, 0.4) is 0 Å². The van der Waals surface area contributed by atoms with Crippen molar-refractivity contribution in [2.45, 2.75) is 18.6 Å². The lowest BCUT2D eigenvalue weighted by Crippen LogP contribution is -2.47. The quantitative estimate of drug-likeness (QED) is 0.322. The van der Waals surface area contributed by atoms with Crippen molar-refractivity contribution in [2.75, 3.05) is 58.4 Å². The van der Waals surface area contributed by atoms with Crippen LogP contribution in [0.15, 0.2) is 77.9 Å². The van der Waals surface area contributed by atoms with Crippen LogP contribution in [0.5, 0.6) is 5.75 Å². The number of nitrogens with zero attached hydrogens (tertiary/aromatic N) is 4. The predicted molar refractivity (Wildman–Crippen MR) is 159 cm³/mol. The van der Waals surface area contributed by atoms with Crippen LogP contribution >= 0.6 is 0 Å². The van der Waals surface area contributed by atoms with Crippen molar-refractivity contribution in [2.24, 2.45) is 5.10 Å². The van der Waals surface area contributed by atoms with E-state index in [1.54, 1.807) is 18.2 Å². The summed E-state index contributed by atoms with van der Waals surface area (Å²) in [6.45, 7) is 2.68. The molecule has 2 aliphatic heterocycles. The maximum absolute atomic E-state index is 14.0. The molecule has 2 aliphatic rings. The maximum atomic E-state index is 14.0. The number of carbonyl (C=O) groups is 2. The Morgan fingerprint density at radius 1 is 1.02 bits per heavy atom. The Hall–Kier alpha value is -4.49. The van der Waals surface area contributed by atoms with Crippen molar-refractivity contribution in [3.8, 4) is 5.75 Å². The minimum absolute atomic E-state index is 0.154. The molecular formula is C32H33F4N5O4. The SMILES string of the molecule is COc1ccccc1[C@@H]1CC(c2ccc(F)cc2)=NN1C(=O)CN(CCN1CCOCC1)C(=O)Nc1ccc(C(F)(F)F)cc1. The Kier molecular flexibility index (Phi) is 9.99. The summed E-state index contributed by atoms with van der Waals surface area (Å²) >= 11 is 0. The Labute approximate surface area is 258 Å². The minimum Gasteiger partial charge on any atom is -0.496 e. The van der Waals surface area contributed by atoms with Gasteiger partial charge in [0.05, 0.1) is 37.6 Å². The molecule has 3 aromatic carbocycles. The molecule has 45 heavy (non-hydrogen) atoms. The van der Waals surface area contributed by atoms with Crippen LogP contribution in [0, 0.1) is 5.82 Å². The normalized spacial score (nSPS) is 17.1. The number of ether oxygens (including phenoxy) is 2. The first-order valence-corrected chi connectivity index (χ1v) is 14.4. The van der Waals surface area contributed by atoms with Crippen LogP contribution in [-0.4, -0.2) is 85.5 Å². The van der Waals surface area contributed by atoms with Gasteiger partial charge < -0.3 is 19.7 Å². The van der Waals surface area contributed by atoms with Crippen LogP contribution in [0.2, 0.25) is 0 Å². The van der Waals surface area contributed by atoms with E-state index < -0.39 is 35.5 Å². The Bertz CT molecular complexity index is 1510. The molecule has 1 N–H and O–H groups in total. The molecule has 3 aromatic rings. The molecule has 5 rings (SSSR count). The van der Waals surface area contributed by atoms with Crippen molar-refractivity contribution < 1.29 is 36.6 Å². The van der Waals surface area contributed by atoms with Gasteiger partial charge >= 0.3 is 12.2 Å². The number of hydrogen-bond donors (Lipinski definition) is 1. The standard InChI is InChI=1S/C32H33F4N5O4/c1-44-29-5-3-2-4-26(29)28-20-27(22-6-10-24(33)11-7-22)38-41(28)30(42)21-40(15-14-39-16-18-45-19-17-39)31(43)37-25-12-8-23(9-13-25)32(34,35)36/h2-13,28H,14-21H2,1H3,(H,37,43)/t28-/m0/s1. The van der Waals surface area contributed by atoms with Gasteiger partial charge in [-0.3, -0.25) is 9.69 Å². The van der Waals surface area contributed by atoms with Gasteiger partial charge in [0.25, 0.3) is 5.91 Å². The van der Waals surface area contributed by atoms with E-state index in [0.29, 0.717) is 61.9 Å². The highest BCUT2D eigenvalue weighted by atomic mass is 19.4. The third-order valence-electron chi connectivity index (χ3n) is 7.71. The van der Waals surface area contributed by atoms with E-state index in [-0.39, 0.29) is 18.8 Å². The first-order chi connectivity index (χ1) is 21.6. The van der Waals surface area contributed by atoms with Gasteiger partial charge in [0.15, 0.2) is 0 Å². The van der Waals surface area contributed by atoms with E-state index >= 15 is 0 Å². The molecule has 238 valence electrons. The Balaban J connectivity index is 1.39. The number of hydrogen-bond acceptors (Lipinski definition) is 6. The molecule has 0 bridgehead atoms. The lowest BCUT2D eigenvalue weighted by atomic mass is 9.97. The number of morpholine rings is 1. The highest BCUT2D eigenvalue weighted by Crippen LogP contribution is 2.37. The zero-order valence-electron chi connectivity index (χ0n) is 24.6. The fourth-order valence-corrected chi connectivity index (χ4v) is 5.26. The van der Waals surface area contributed by atoms with Crippen molar-refractivity contribution >= 4 is 23.3 Å². The van der Waals surface area contributed by atoms with Gasteiger partial charge in [-0.05, 0) is 48.0 Å². The fourth-order valence-electron chi connectivity index (χ4n) is 5.26. The summed E-state index contributed by atoms with van der Waals surface area (Å²) in [6.07, 6.45) is -4.19. The second-order valence-electron chi connectivity index (χ2n) is 10.6. The van der Waals surface area contributed by atoms with E-state index in [1.165, 1.54) is 41.3 Å². The first kappa shape index (κ1) is 31.9. The number of alkyl halides is 3. The van der Waals surface area contributed by atoms with E-state index in [1.807, 2.05) is 18.2 Å². The van der Waals surface area contributed by atoms with Gasteiger partial charge in [-0.2, -0.15) is 18.3 Å². The van der Waals surface area contributed by atoms with Crippen LogP contribution < -0.4 is 10.1 Å². The van der Waals surface area contributed by atoms with Gasteiger partial charge in [-0.1, -0.05) is 30.3 Å². The molecule has 0 spiro atoms. The summed E-state index contributed by atoms with van der Waals surface area (Å²) < 4.78 is 63.8. The number of para-hydroxylation sites is 1. The van der Waals surface area contributed by atoms with Gasteiger partial charge in [0.2, 0.25) is 0 Å². The molecule has 0 aromatic heterocycles. The molecule has 1 saturated heterocycles. The largest absolute Gasteiger partial charge is 0.496 e. The zero-order chi connectivity index (χ0) is 32.0. The molecular weight excluding hydrogens is 594 g/mol. The van der Waals surface area contributed by atoms with E-state index in [9.17, 15) is 27.2 Å². The number of amides is 3. The van der Waals surface area contributed by atoms with Crippen LogP contribution in [-0.2, 0) is 15.7 Å². The first-order valence-electron chi connectivity index (χ1n) is 14.4. The lowest BCUT2D eigenvalue weighted by Gasteiger charge is -2.31. The zero-order valence-corrected chi connectivity index (χ0v) is 24.6. The van der Waals surface area contributed by atoms with Crippen molar-refractivity contribution in [3.63, 3.8) is 0 Å². The van der Waals surface area contributed by atoms with Gasteiger partial charge in [-0.25, -0.2) is 14.2 Å². The highest BCUT2D eigenvalue weighted by Gasteiger charge is 2.36. The van der Waals surface area contributed by atoms with Gasteiger partial charge in [0.1, 0.15) is 18.1 Å². The smallest absolute Gasteiger partial charge is 0.416 e. The molecule has 2 heterocycles. The number of halogens is 4. The highest BCUT2D eigenvalue weighted by molar-refractivity contribution is 6.03. The third-order valence-corrected chi connectivity index (χ3v) is 7.71. The Morgan fingerprint density at radius 2 is 1.71 bits per heavy atom. The number of methoxy groups -OCH3 is 1. The second-order valence-corrected chi connectivity index (χ2v) is 10.6. The predicted octanol–water partition coefficient (Wildman–Crippen LogP) is 5.40.